The zero-order valence-corrected chi connectivity index (χ0v) is 11.6. The van der Waals surface area contributed by atoms with Crippen molar-refractivity contribution in [2.45, 2.75) is 13.0 Å². The lowest BCUT2D eigenvalue weighted by atomic mass is 10.3. The van der Waals surface area contributed by atoms with Gasteiger partial charge in [-0.3, -0.25) is 0 Å². The molecule has 0 aliphatic carbocycles. The van der Waals surface area contributed by atoms with Crippen molar-refractivity contribution in [1.82, 2.24) is 14.3 Å². The van der Waals surface area contributed by atoms with E-state index >= 15 is 0 Å². The fourth-order valence-corrected chi connectivity index (χ4v) is 2.64. The molecule has 98 valence electrons. The van der Waals surface area contributed by atoms with E-state index in [1.54, 1.807) is 0 Å². The summed E-state index contributed by atoms with van der Waals surface area (Å²) in [6.07, 6.45) is 1.85. The number of sulfonamides is 1. The number of fused-ring (bicyclic) bond motifs is 1. The van der Waals surface area contributed by atoms with Gasteiger partial charge in [-0.1, -0.05) is 12.1 Å². The molecule has 7 heteroatoms. The number of aromatic nitrogens is 2. The minimum Gasteiger partial charge on any atom is -0.331 e. The van der Waals surface area contributed by atoms with E-state index in [1.807, 2.05) is 28.8 Å². The second kappa shape index (κ2) is 5.21. The molecule has 0 aliphatic heterocycles. The lowest BCUT2D eigenvalue weighted by Crippen LogP contribution is -2.23. The summed E-state index contributed by atoms with van der Waals surface area (Å²) in [6, 6.07) is 7.86. The molecule has 0 fully saturated rings. The molecular formula is C11H15N3O2S2. The van der Waals surface area contributed by atoms with Gasteiger partial charge in [0.05, 0.1) is 17.3 Å². The monoisotopic (exact) mass is 285 g/mol. The van der Waals surface area contributed by atoms with E-state index in [9.17, 15) is 8.42 Å². The molecule has 0 saturated carbocycles. The summed E-state index contributed by atoms with van der Waals surface area (Å²) in [6.45, 7) is 1.10. The van der Waals surface area contributed by atoms with Crippen molar-refractivity contribution in [1.29, 1.82) is 0 Å². The predicted octanol–water partition coefficient (Wildman–Crippen LogP) is 1.64. The molecule has 5 nitrogen and oxygen atoms in total. The van der Waals surface area contributed by atoms with Gasteiger partial charge in [0.2, 0.25) is 10.0 Å². The van der Waals surface area contributed by atoms with E-state index in [2.05, 4.69) is 9.71 Å². The quantitative estimate of drug-likeness (QED) is 0.648. The first-order valence-corrected chi connectivity index (χ1v) is 7.89. The second-order valence-corrected chi connectivity index (χ2v) is 6.34. The third-order valence-corrected chi connectivity index (χ3v) is 3.66. The molecule has 1 aromatic heterocycles. The average molecular weight is 285 g/mol. The van der Waals surface area contributed by atoms with Gasteiger partial charge >= 0.3 is 0 Å². The van der Waals surface area contributed by atoms with E-state index in [4.69, 9.17) is 12.2 Å². The number of imidazole rings is 1. The first-order valence-electron chi connectivity index (χ1n) is 5.59. The Hall–Kier alpha value is -1.18. The average Bonchev–Trinajstić information content (AvgIpc) is 2.59. The summed E-state index contributed by atoms with van der Waals surface area (Å²) >= 11 is 5.24. The zero-order chi connectivity index (χ0) is 13.2. The molecule has 18 heavy (non-hydrogen) atoms. The van der Waals surface area contributed by atoms with Crippen molar-refractivity contribution in [3.8, 4) is 0 Å². The Labute approximate surface area is 111 Å². The topological polar surface area (TPSA) is 66.9 Å². The largest absolute Gasteiger partial charge is 0.331 e. The Kier molecular flexibility index (Phi) is 3.84. The maximum Gasteiger partial charge on any atom is 0.208 e. The molecule has 0 bridgehead atoms. The predicted molar refractivity (Wildman–Crippen MR) is 74.6 cm³/mol. The third kappa shape index (κ3) is 3.18. The number of hydrogen-bond acceptors (Lipinski definition) is 3. The van der Waals surface area contributed by atoms with E-state index in [1.165, 1.54) is 0 Å². The first-order chi connectivity index (χ1) is 8.47. The summed E-state index contributed by atoms with van der Waals surface area (Å²) in [5.41, 5.74) is 2.04. The number of nitrogens with zero attached hydrogens (tertiary/aromatic N) is 1. The molecule has 2 rings (SSSR count). The minimum absolute atomic E-state index is 0.417. The Morgan fingerprint density at radius 2 is 2.11 bits per heavy atom. The van der Waals surface area contributed by atoms with Gasteiger partial charge in [0.1, 0.15) is 0 Å². The zero-order valence-electron chi connectivity index (χ0n) is 10.0. The maximum absolute atomic E-state index is 10.9. The van der Waals surface area contributed by atoms with Crippen molar-refractivity contribution in [3.63, 3.8) is 0 Å². The van der Waals surface area contributed by atoms with Crippen LogP contribution in [-0.2, 0) is 16.6 Å². The van der Waals surface area contributed by atoms with Gasteiger partial charge in [-0.2, -0.15) is 0 Å². The third-order valence-electron chi connectivity index (χ3n) is 2.60. The molecule has 1 heterocycles. The van der Waals surface area contributed by atoms with Gasteiger partial charge in [-0.15, -0.1) is 0 Å². The summed E-state index contributed by atoms with van der Waals surface area (Å²) in [5, 5.41) is 0. The van der Waals surface area contributed by atoms with E-state index in [0.717, 1.165) is 17.3 Å². The number of aryl methyl sites for hydroxylation is 1. The standard InChI is InChI=1S/C11H15N3O2S2/c1-18(15,16)12-7-4-8-14-10-6-3-2-5-9(10)13-11(14)17/h2-3,5-6,12H,4,7-8H2,1H3,(H,13,17). The SMILES string of the molecule is CS(=O)(=O)NCCCn1c(=S)[nH]c2ccccc21. The number of rotatable bonds is 5. The van der Waals surface area contributed by atoms with Gasteiger partial charge in [0, 0.05) is 13.1 Å². The van der Waals surface area contributed by atoms with Gasteiger partial charge in [-0.05, 0) is 30.8 Å². The normalized spacial score (nSPS) is 12.1. The van der Waals surface area contributed by atoms with E-state index in [0.29, 0.717) is 24.3 Å². The van der Waals surface area contributed by atoms with Crippen LogP contribution in [0, 0.1) is 4.77 Å². The van der Waals surface area contributed by atoms with Gasteiger partial charge in [0.25, 0.3) is 0 Å². The Bertz CT molecular complexity index is 700. The Balaban J connectivity index is 2.08. The van der Waals surface area contributed by atoms with Crippen LogP contribution in [0.1, 0.15) is 6.42 Å². The first kappa shape index (κ1) is 13.3. The maximum atomic E-state index is 10.9. The number of H-pyrrole nitrogens is 1. The van der Waals surface area contributed by atoms with Crippen molar-refractivity contribution in [2.75, 3.05) is 12.8 Å². The van der Waals surface area contributed by atoms with Crippen LogP contribution in [0.2, 0.25) is 0 Å². The highest BCUT2D eigenvalue weighted by molar-refractivity contribution is 7.88. The Morgan fingerprint density at radius 1 is 1.39 bits per heavy atom. The Morgan fingerprint density at radius 3 is 2.83 bits per heavy atom. The lowest BCUT2D eigenvalue weighted by molar-refractivity contribution is 0.576. The minimum atomic E-state index is -3.11. The highest BCUT2D eigenvalue weighted by Gasteiger charge is 2.04. The number of nitrogens with one attached hydrogen (secondary N) is 2. The molecule has 2 aromatic rings. The van der Waals surface area contributed by atoms with Crippen LogP contribution in [0.15, 0.2) is 24.3 Å². The fraction of sp³-hybridized carbons (Fsp3) is 0.364. The van der Waals surface area contributed by atoms with Crippen molar-refractivity contribution in [2.24, 2.45) is 0 Å². The number of para-hydroxylation sites is 2. The molecule has 0 radical (unpaired) electrons. The second-order valence-electron chi connectivity index (χ2n) is 4.12. The summed E-state index contributed by atoms with van der Waals surface area (Å²) in [5.74, 6) is 0. The van der Waals surface area contributed by atoms with Crippen LogP contribution in [0.5, 0.6) is 0 Å². The van der Waals surface area contributed by atoms with Crippen LogP contribution in [0.25, 0.3) is 11.0 Å². The van der Waals surface area contributed by atoms with Crippen LogP contribution in [0.3, 0.4) is 0 Å². The molecule has 1 aromatic carbocycles. The number of benzene rings is 1. The van der Waals surface area contributed by atoms with Crippen LogP contribution < -0.4 is 4.72 Å². The van der Waals surface area contributed by atoms with Gasteiger partial charge in [-0.25, -0.2) is 13.1 Å². The highest BCUT2D eigenvalue weighted by Crippen LogP contribution is 2.13. The number of aromatic amines is 1. The van der Waals surface area contributed by atoms with E-state index < -0.39 is 10.0 Å². The van der Waals surface area contributed by atoms with Gasteiger partial charge in [0.15, 0.2) is 4.77 Å². The van der Waals surface area contributed by atoms with Gasteiger partial charge < -0.3 is 9.55 Å². The molecule has 0 unspecified atom stereocenters. The highest BCUT2D eigenvalue weighted by atomic mass is 32.2. The molecule has 0 amide bonds. The molecule has 0 atom stereocenters. The van der Waals surface area contributed by atoms with Crippen LogP contribution in [-0.4, -0.2) is 30.8 Å². The summed E-state index contributed by atoms with van der Waals surface area (Å²) in [7, 11) is -3.11. The summed E-state index contributed by atoms with van der Waals surface area (Å²) < 4.78 is 27.0. The smallest absolute Gasteiger partial charge is 0.208 e. The van der Waals surface area contributed by atoms with Crippen molar-refractivity contribution < 1.29 is 8.42 Å². The lowest BCUT2D eigenvalue weighted by Gasteiger charge is -2.05. The molecule has 0 spiro atoms. The molecule has 0 aliphatic rings. The van der Waals surface area contributed by atoms with Crippen LogP contribution in [0.4, 0.5) is 0 Å². The fourth-order valence-electron chi connectivity index (χ4n) is 1.82. The number of hydrogen-bond donors (Lipinski definition) is 2. The van der Waals surface area contributed by atoms with Crippen molar-refractivity contribution in [3.05, 3.63) is 29.0 Å². The molecule has 0 saturated heterocycles. The van der Waals surface area contributed by atoms with Crippen molar-refractivity contribution >= 4 is 33.3 Å². The summed E-state index contributed by atoms with van der Waals surface area (Å²) in [4.78, 5) is 3.12. The molecule has 2 N–H and O–H groups in total. The van der Waals surface area contributed by atoms with Crippen LogP contribution >= 0.6 is 12.2 Å². The molecular weight excluding hydrogens is 270 g/mol. The van der Waals surface area contributed by atoms with E-state index in [-0.39, 0.29) is 0 Å².